The van der Waals surface area contributed by atoms with E-state index in [2.05, 4.69) is 4.98 Å². The monoisotopic (exact) mass is 364 g/mol. The van der Waals surface area contributed by atoms with Crippen molar-refractivity contribution in [2.45, 2.75) is 6.42 Å². The highest BCUT2D eigenvalue weighted by Crippen LogP contribution is 2.31. The number of methoxy groups -OCH3 is 1. The van der Waals surface area contributed by atoms with Crippen LogP contribution in [0.2, 0.25) is 0 Å². The zero-order valence-corrected chi connectivity index (χ0v) is 15.0. The number of thiazole rings is 1. The highest BCUT2D eigenvalue weighted by molar-refractivity contribution is 7.13. The summed E-state index contributed by atoms with van der Waals surface area (Å²) >= 11 is 1.46. The lowest BCUT2D eigenvalue weighted by atomic mass is 10.1. The lowest BCUT2D eigenvalue weighted by molar-refractivity contribution is 0.0600. The Hall–Kier alpha value is -2.99. The van der Waals surface area contributed by atoms with Crippen LogP contribution in [-0.4, -0.2) is 30.5 Å². The first-order valence-electron chi connectivity index (χ1n) is 8.21. The second-order valence-corrected chi connectivity index (χ2v) is 6.80. The van der Waals surface area contributed by atoms with Crippen LogP contribution in [0.3, 0.4) is 0 Å². The molecule has 1 aliphatic heterocycles. The molecule has 4 rings (SSSR count). The molecule has 2 heterocycles. The van der Waals surface area contributed by atoms with Crippen molar-refractivity contribution in [3.8, 4) is 10.6 Å². The number of hydrogen-bond acceptors (Lipinski definition) is 5. The zero-order valence-electron chi connectivity index (χ0n) is 14.1. The predicted octanol–water partition coefficient (Wildman–Crippen LogP) is 3.80. The van der Waals surface area contributed by atoms with Gasteiger partial charge in [-0.25, -0.2) is 9.78 Å². The van der Waals surface area contributed by atoms with Crippen molar-refractivity contribution in [1.82, 2.24) is 4.98 Å². The summed E-state index contributed by atoms with van der Waals surface area (Å²) in [5, 5.41) is 2.63. The summed E-state index contributed by atoms with van der Waals surface area (Å²) in [6.07, 6.45) is 0.710. The zero-order chi connectivity index (χ0) is 18.1. The fourth-order valence-electron chi connectivity index (χ4n) is 3.08. The Morgan fingerprint density at radius 3 is 2.73 bits per heavy atom. The molecular weight excluding hydrogens is 348 g/mol. The van der Waals surface area contributed by atoms with E-state index in [0.717, 1.165) is 21.8 Å². The standard InChI is InChI=1S/C20H16N2O3S/c1-25-20(24)15-7-8-17-14(11-15)9-10-22(17)19(23)16-12-26-18(21-16)13-5-3-2-4-6-13/h2-8,11-12H,9-10H2,1H3. The number of hydrogen-bond donors (Lipinski definition) is 0. The van der Waals surface area contributed by atoms with Crippen molar-refractivity contribution in [3.63, 3.8) is 0 Å². The van der Waals surface area contributed by atoms with Crippen molar-refractivity contribution < 1.29 is 14.3 Å². The third-order valence-electron chi connectivity index (χ3n) is 4.39. The van der Waals surface area contributed by atoms with E-state index in [9.17, 15) is 9.59 Å². The number of amides is 1. The van der Waals surface area contributed by atoms with Crippen molar-refractivity contribution in [2.75, 3.05) is 18.6 Å². The molecule has 0 radical (unpaired) electrons. The predicted molar refractivity (Wildman–Crippen MR) is 101 cm³/mol. The Morgan fingerprint density at radius 1 is 1.15 bits per heavy atom. The van der Waals surface area contributed by atoms with Gasteiger partial charge in [0.1, 0.15) is 10.7 Å². The number of aromatic nitrogens is 1. The summed E-state index contributed by atoms with van der Waals surface area (Å²) in [5.74, 6) is -0.488. The van der Waals surface area contributed by atoms with Crippen LogP contribution in [0.4, 0.5) is 5.69 Å². The number of benzene rings is 2. The van der Waals surface area contributed by atoms with Gasteiger partial charge in [-0.1, -0.05) is 30.3 Å². The van der Waals surface area contributed by atoms with Gasteiger partial charge in [-0.3, -0.25) is 4.79 Å². The van der Waals surface area contributed by atoms with E-state index in [1.165, 1.54) is 18.4 Å². The second kappa shape index (κ2) is 6.72. The molecule has 6 heteroatoms. The highest BCUT2D eigenvalue weighted by Gasteiger charge is 2.28. The lowest BCUT2D eigenvalue weighted by Gasteiger charge is -2.16. The lowest BCUT2D eigenvalue weighted by Crippen LogP contribution is -2.29. The maximum Gasteiger partial charge on any atom is 0.337 e. The first kappa shape index (κ1) is 16.5. The van der Waals surface area contributed by atoms with Gasteiger partial charge in [-0.05, 0) is 30.2 Å². The molecule has 2 aromatic carbocycles. The van der Waals surface area contributed by atoms with Crippen molar-refractivity contribution in [2.24, 2.45) is 0 Å². The minimum atomic E-state index is -0.371. The van der Waals surface area contributed by atoms with Crippen LogP contribution in [0.15, 0.2) is 53.9 Å². The molecule has 130 valence electrons. The Bertz CT molecular complexity index is 982. The first-order valence-corrected chi connectivity index (χ1v) is 9.09. The molecule has 5 nitrogen and oxygen atoms in total. The van der Waals surface area contributed by atoms with Gasteiger partial charge in [0, 0.05) is 23.2 Å². The van der Waals surface area contributed by atoms with E-state index in [4.69, 9.17) is 4.74 Å². The van der Waals surface area contributed by atoms with Gasteiger partial charge >= 0.3 is 5.97 Å². The number of esters is 1. The summed E-state index contributed by atoms with van der Waals surface area (Å²) in [7, 11) is 1.36. The van der Waals surface area contributed by atoms with Crippen LogP contribution in [0.1, 0.15) is 26.4 Å². The van der Waals surface area contributed by atoms with Gasteiger partial charge in [-0.15, -0.1) is 11.3 Å². The van der Waals surface area contributed by atoms with Crippen molar-refractivity contribution >= 4 is 28.9 Å². The summed E-state index contributed by atoms with van der Waals surface area (Å²) in [5.41, 5.74) is 3.75. The van der Waals surface area contributed by atoms with Crippen LogP contribution < -0.4 is 4.90 Å². The van der Waals surface area contributed by atoms with E-state index in [1.807, 2.05) is 30.3 Å². The third kappa shape index (κ3) is 2.88. The van der Waals surface area contributed by atoms with E-state index in [0.29, 0.717) is 24.2 Å². The number of fused-ring (bicyclic) bond motifs is 1. The number of rotatable bonds is 3. The van der Waals surface area contributed by atoms with Crippen LogP contribution in [-0.2, 0) is 11.2 Å². The molecule has 1 aromatic heterocycles. The normalized spacial score (nSPS) is 12.7. The van der Waals surface area contributed by atoms with Crippen LogP contribution in [0.25, 0.3) is 10.6 Å². The smallest absolute Gasteiger partial charge is 0.337 e. The van der Waals surface area contributed by atoms with Crippen molar-refractivity contribution in [3.05, 3.63) is 70.7 Å². The largest absolute Gasteiger partial charge is 0.465 e. The number of carbonyl (C=O) groups excluding carboxylic acids is 2. The Labute approximate surface area is 154 Å². The van der Waals surface area contributed by atoms with Gasteiger partial charge in [0.2, 0.25) is 0 Å². The van der Waals surface area contributed by atoms with E-state index < -0.39 is 0 Å². The first-order chi connectivity index (χ1) is 12.7. The van der Waals surface area contributed by atoms with Crippen LogP contribution in [0.5, 0.6) is 0 Å². The maximum absolute atomic E-state index is 12.9. The van der Waals surface area contributed by atoms with Crippen LogP contribution in [0, 0.1) is 0 Å². The van der Waals surface area contributed by atoms with Crippen molar-refractivity contribution in [1.29, 1.82) is 0 Å². The fraction of sp³-hybridized carbons (Fsp3) is 0.150. The van der Waals surface area contributed by atoms with E-state index in [1.54, 1.807) is 28.5 Å². The van der Waals surface area contributed by atoms with Gasteiger partial charge in [0.15, 0.2) is 0 Å². The molecule has 3 aromatic rings. The molecule has 0 unspecified atom stereocenters. The average Bonchev–Trinajstić information content (AvgIpc) is 3.34. The maximum atomic E-state index is 12.9. The number of nitrogens with zero attached hydrogens (tertiary/aromatic N) is 2. The molecule has 0 N–H and O–H groups in total. The molecule has 0 atom stereocenters. The molecule has 0 spiro atoms. The average molecular weight is 364 g/mol. The number of anilines is 1. The highest BCUT2D eigenvalue weighted by atomic mass is 32.1. The summed E-state index contributed by atoms with van der Waals surface area (Å²) < 4.78 is 4.76. The SMILES string of the molecule is COC(=O)c1ccc2c(c1)CCN2C(=O)c1csc(-c2ccccc2)n1. The molecule has 1 amide bonds. The number of ether oxygens (including phenoxy) is 1. The van der Waals surface area contributed by atoms with Gasteiger partial charge in [0.05, 0.1) is 12.7 Å². The van der Waals surface area contributed by atoms with Crippen LogP contribution >= 0.6 is 11.3 Å². The molecule has 1 aliphatic rings. The number of carbonyl (C=O) groups is 2. The molecule has 26 heavy (non-hydrogen) atoms. The Morgan fingerprint density at radius 2 is 1.96 bits per heavy atom. The molecule has 0 saturated heterocycles. The van der Waals surface area contributed by atoms with Gasteiger partial charge < -0.3 is 9.64 Å². The van der Waals surface area contributed by atoms with Gasteiger partial charge in [0.25, 0.3) is 5.91 Å². The molecule has 0 aliphatic carbocycles. The molecular formula is C20H16N2O3S. The molecule has 0 saturated carbocycles. The fourth-order valence-corrected chi connectivity index (χ4v) is 3.88. The summed E-state index contributed by atoms with van der Waals surface area (Å²) in [6, 6.07) is 15.1. The topological polar surface area (TPSA) is 59.5 Å². The third-order valence-corrected chi connectivity index (χ3v) is 5.28. The van der Waals surface area contributed by atoms with E-state index >= 15 is 0 Å². The van der Waals surface area contributed by atoms with Gasteiger partial charge in [-0.2, -0.15) is 0 Å². The van der Waals surface area contributed by atoms with E-state index in [-0.39, 0.29) is 11.9 Å². The second-order valence-electron chi connectivity index (χ2n) is 5.95. The minimum Gasteiger partial charge on any atom is -0.465 e. The Balaban J connectivity index is 1.60. The quantitative estimate of drug-likeness (QED) is 0.663. The summed E-state index contributed by atoms with van der Waals surface area (Å²) in [6.45, 7) is 0.580. The summed E-state index contributed by atoms with van der Waals surface area (Å²) in [4.78, 5) is 30.8. The molecule has 0 bridgehead atoms. The Kier molecular flexibility index (Phi) is 4.26. The molecule has 0 fully saturated rings. The minimum absolute atomic E-state index is 0.118.